The van der Waals surface area contributed by atoms with E-state index < -0.39 is 0 Å². The minimum absolute atomic E-state index is 1.01. The van der Waals surface area contributed by atoms with Crippen LogP contribution in [0.25, 0.3) is 0 Å². The van der Waals surface area contributed by atoms with Gasteiger partial charge in [0, 0.05) is 30.9 Å². The highest BCUT2D eigenvalue weighted by Crippen LogP contribution is 2.26. The second-order valence-electron chi connectivity index (χ2n) is 2.61. The van der Waals surface area contributed by atoms with Crippen LogP contribution in [-0.2, 0) is 0 Å². The zero-order valence-electron chi connectivity index (χ0n) is 7.03. The van der Waals surface area contributed by atoms with Gasteiger partial charge < -0.3 is 4.90 Å². The highest BCUT2D eigenvalue weighted by Gasteiger charge is 2.11. The molecule has 0 aromatic carbocycles. The molecule has 1 aliphatic rings. The van der Waals surface area contributed by atoms with Crippen molar-refractivity contribution in [2.24, 2.45) is 5.84 Å². The van der Waals surface area contributed by atoms with Gasteiger partial charge in [0.15, 0.2) is 0 Å². The van der Waals surface area contributed by atoms with Crippen molar-refractivity contribution in [3.8, 4) is 0 Å². The summed E-state index contributed by atoms with van der Waals surface area (Å²) >= 11 is 1.54. The zero-order chi connectivity index (χ0) is 8.43. The fraction of sp³-hybridized carbons (Fsp3) is 0.429. The van der Waals surface area contributed by atoms with E-state index in [4.69, 9.17) is 5.84 Å². The van der Waals surface area contributed by atoms with Gasteiger partial charge in [-0.1, -0.05) is 0 Å². The summed E-state index contributed by atoms with van der Waals surface area (Å²) in [5.41, 5.74) is 0. The minimum Gasteiger partial charge on any atom is -0.363 e. The molecular formula is C7H13N3S. The molecule has 0 aliphatic carbocycles. The molecule has 0 radical (unpaired) electrons. The van der Waals surface area contributed by atoms with Crippen LogP contribution in [0.3, 0.4) is 0 Å². The lowest BCUT2D eigenvalue weighted by atomic mass is 10.4. The second-order valence-corrected chi connectivity index (χ2v) is 3.83. The van der Waals surface area contributed by atoms with Crippen LogP contribution in [0.4, 0.5) is 0 Å². The van der Waals surface area contributed by atoms with Crippen LogP contribution in [0.5, 0.6) is 0 Å². The van der Waals surface area contributed by atoms with Gasteiger partial charge in [-0.25, -0.2) is 10.3 Å². The van der Waals surface area contributed by atoms with Gasteiger partial charge in [-0.3, -0.25) is 0 Å². The molecule has 11 heavy (non-hydrogen) atoms. The average Bonchev–Trinajstić information content (AvgIpc) is 1.85. The van der Waals surface area contributed by atoms with Crippen molar-refractivity contribution in [3.05, 3.63) is 22.9 Å². The Morgan fingerprint density at radius 3 is 2.55 bits per heavy atom. The standard InChI is InChI=1S/C7H13N3S/c1-6-4-5-7(9(2)3)10(8)11-6/h4-5H,8H2,1-3H3. The molecule has 0 bridgehead atoms. The molecule has 0 saturated heterocycles. The smallest absolute Gasteiger partial charge is 0.129 e. The first-order valence-corrected chi connectivity index (χ1v) is 4.17. The Hall–Kier alpha value is -0.610. The van der Waals surface area contributed by atoms with Crippen LogP contribution in [0.2, 0.25) is 0 Å². The van der Waals surface area contributed by atoms with Gasteiger partial charge in [0.25, 0.3) is 0 Å². The Labute approximate surface area is 71.6 Å². The first-order valence-electron chi connectivity index (χ1n) is 3.40. The predicted molar refractivity (Wildman–Crippen MR) is 49.1 cm³/mol. The summed E-state index contributed by atoms with van der Waals surface area (Å²) < 4.78 is 1.66. The summed E-state index contributed by atoms with van der Waals surface area (Å²) in [4.78, 5) is 3.19. The first-order chi connectivity index (χ1) is 5.11. The number of hydrogen-bond donors (Lipinski definition) is 1. The number of rotatable bonds is 1. The second kappa shape index (κ2) is 3.19. The van der Waals surface area contributed by atoms with Gasteiger partial charge in [-0.05, 0) is 19.1 Å². The molecular weight excluding hydrogens is 158 g/mol. The van der Waals surface area contributed by atoms with Crippen LogP contribution in [0.1, 0.15) is 6.92 Å². The molecule has 0 aromatic heterocycles. The molecule has 1 heterocycles. The molecule has 3 nitrogen and oxygen atoms in total. The highest BCUT2D eigenvalue weighted by atomic mass is 32.2. The predicted octanol–water partition coefficient (Wildman–Crippen LogP) is 1.13. The summed E-state index contributed by atoms with van der Waals surface area (Å²) in [5, 5.41) is 0. The van der Waals surface area contributed by atoms with Crippen molar-refractivity contribution in [1.82, 2.24) is 9.31 Å². The molecule has 62 valence electrons. The maximum atomic E-state index is 5.72. The quantitative estimate of drug-likeness (QED) is 0.473. The van der Waals surface area contributed by atoms with E-state index in [1.807, 2.05) is 32.0 Å². The molecule has 0 amide bonds. The Bertz CT molecular complexity index is 208. The molecule has 0 spiro atoms. The van der Waals surface area contributed by atoms with Crippen LogP contribution >= 0.6 is 11.9 Å². The van der Waals surface area contributed by atoms with Crippen molar-refractivity contribution in [1.29, 1.82) is 0 Å². The lowest BCUT2D eigenvalue weighted by Crippen LogP contribution is -2.32. The van der Waals surface area contributed by atoms with E-state index in [1.54, 1.807) is 4.41 Å². The monoisotopic (exact) mass is 171 g/mol. The molecule has 0 atom stereocenters. The van der Waals surface area contributed by atoms with E-state index in [0.29, 0.717) is 0 Å². The molecule has 1 aliphatic heterocycles. The first kappa shape index (κ1) is 8.49. The molecule has 2 N–H and O–H groups in total. The van der Waals surface area contributed by atoms with E-state index in [-0.39, 0.29) is 0 Å². The van der Waals surface area contributed by atoms with Gasteiger partial charge in [0.2, 0.25) is 0 Å². The number of nitrogens with two attached hydrogens (primary N) is 1. The van der Waals surface area contributed by atoms with E-state index >= 15 is 0 Å². The fourth-order valence-corrected chi connectivity index (χ4v) is 1.60. The number of hydrogen-bond acceptors (Lipinski definition) is 4. The van der Waals surface area contributed by atoms with Crippen LogP contribution < -0.4 is 5.84 Å². The maximum absolute atomic E-state index is 5.72. The topological polar surface area (TPSA) is 32.5 Å². The van der Waals surface area contributed by atoms with Gasteiger partial charge in [0.05, 0.1) is 0 Å². The van der Waals surface area contributed by atoms with E-state index in [9.17, 15) is 0 Å². The molecule has 0 saturated carbocycles. The number of nitrogens with zero attached hydrogens (tertiary/aromatic N) is 2. The normalized spacial score (nSPS) is 17.6. The SMILES string of the molecule is CC1=CC=C(N(C)C)N(N)S1. The summed E-state index contributed by atoms with van der Waals surface area (Å²) in [6.45, 7) is 2.04. The van der Waals surface area contributed by atoms with Crippen molar-refractivity contribution in [3.63, 3.8) is 0 Å². The van der Waals surface area contributed by atoms with Gasteiger partial charge >= 0.3 is 0 Å². The minimum atomic E-state index is 1.01. The van der Waals surface area contributed by atoms with Crippen molar-refractivity contribution < 1.29 is 0 Å². The molecule has 0 unspecified atom stereocenters. The maximum Gasteiger partial charge on any atom is 0.129 e. The fourth-order valence-electron chi connectivity index (χ4n) is 0.844. The zero-order valence-corrected chi connectivity index (χ0v) is 7.85. The van der Waals surface area contributed by atoms with E-state index in [1.165, 1.54) is 16.9 Å². The van der Waals surface area contributed by atoms with Crippen molar-refractivity contribution >= 4 is 11.9 Å². The largest absolute Gasteiger partial charge is 0.363 e. The Balaban J connectivity index is 2.78. The molecule has 0 fully saturated rings. The Morgan fingerprint density at radius 2 is 2.09 bits per heavy atom. The number of hydrazine groups is 1. The third kappa shape index (κ3) is 1.91. The molecule has 1 rings (SSSR count). The molecule has 0 aromatic rings. The third-order valence-corrected chi connectivity index (χ3v) is 2.20. The third-order valence-electron chi connectivity index (χ3n) is 1.39. The van der Waals surface area contributed by atoms with Crippen molar-refractivity contribution in [2.45, 2.75) is 6.92 Å². The number of allylic oxidation sites excluding steroid dienone is 3. The summed E-state index contributed by atoms with van der Waals surface area (Å²) in [6, 6.07) is 0. The lowest BCUT2D eigenvalue weighted by Gasteiger charge is -2.28. The summed E-state index contributed by atoms with van der Waals surface area (Å²) in [7, 11) is 3.95. The highest BCUT2D eigenvalue weighted by molar-refractivity contribution is 8.00. The Morgan fingerprint density at radius 1 is 1.45 bits per heavy atom. The van der Waals surface area contributed by atoms with E-state index in [0.717, 1.165) is 5.82 Å². The van der Waals surface area contributed by atoms with Gasteiger partial charge in [-0.15, -0.1) is 0 Å². The van der Waals surface area contributed by atoms with Gasteiger partial charge in [-0.2, -0.15) is 0 Å². The van der Waals surface area contributed by atoms with Gasteiger partial charge in [0.1, 0.15) is 5.82 Å². The molecule has 4 heteroatoms. The van der Waals surface area contributed by atoms with E-state index in [2.05, 4.69) is 6.08 Å². The van der Waals surface area contributed by atoms with Crippen LogP contribution in [0.15, 0.2) is 22.9 Å². The average molecular weight is 171 g/mol. The van der Waals surface area contributed by atoms with Crippen LogP contribution in [0, 0.1) is 0 Å². The summed E-state index contributed by atoms with van der Waals surface area (Å²) in [5.74, 6) is 6.73. The van der Waals surface area contributed by atoms with Crippen LogP contribution in [-0.4, -0.2) is 23.4 Å². The Kier molecular flexibility index (Phi) is 2.46. The van der Waals surface area contributed by atoms with Crippen molar-refractivity contribution in [2.75, 3.05) is 14.1 Å². The lowest BCUT2D eigenvalue weighted by molar-refractivity contribution is 0.387. The summed E-state index contributed by atoms with van der Waals surface area (Å²) in [6.07, 6.45) is 4.06.